The molecule has 0 fully saturated rings. The van der Waals surface area contributed by atoms with Crippen LogP contribution in [0.5, 0.6) is 11.5 Å². The van der Waals surface area contributed by atoms with E-state index in [1.54, 1.807) is 25.3 Å². The van der Waals surface area contributed by atoms with Crippen molar-refractivity contribution in [2.45, 2.75) is 26.0 Å². The van der Waals surface area contributed by atoms with Gasteiger partial charge in [-0.05, 0) is 18.6 Å². The second kappa shape index (κ2) is 9.29. The van der Waals surface area contributed by atoms with Crippen LogP contribution in [0.2, 0.25) is 5.02 Å². The highest BCUT2D eigenvalue weighted by atomic mass is 35.5. The predicted octanol–water partition coefficient (Wildman–Crippen LogP) is 3.07. The minimum absolute atomic E-state index is 0.0766. The summed E-state index contributed by atoms with van der Waals surface area (Å²) in [4.78, 5) is 12.1. The van der Waals surface area contributed by atoms with Gasteiger partial charge in [-0.3, -0.25) is 4.79 Å². The first-order valence-electron chi connectivity index (χ1n) is 7.79. The van der Waals surface area contributed by atoms with E-state index in [9.17, 15) is 4.79 Å². The highest BCUT2D eigenvalue weighted by molar-refractivity contribution is 6.30. The van der Waals surface area contributed by atoms with Crippen molar-refractivity contribution in [3.05, 3.63) is 40.7 Å². The first-order chi connectivity index (χ1) is 12.1. The third kappa shape index (κ3) is 5.37. The molecule has 0 aliphatic heterocycles. The van der Waals surface area contributed by atoms with Gasteiger partial charge in [0.25, 0.3) is 5.91 Å². The molecule has 0 bridgehead atoms. The lowest BCUT2D eigenvalue weighted by atomic mass is 10.2. The summed E-state index contributed by atoms with van der Waals surface area (Å²) in [6.45, 7) is 2.51. The van der Waals surface area contributed by atoms with E-state index < -0.39 is 0 Å². The zero-order valence-electron chi connectivity index (χ0n) is 14.4. The molecule has 0 saturated heterocycles. The van der Waals surface area contributed by atoms with Crippen LogP contribution in [0.15, 0.2) is 28.8 Å². The number of benzene rings is 1. The molecule has 2 aromatic rings. The molecule has 0 aliphatic rings. The monoisotopic (exact) mass is 368 g/mol. The van der Waals surface area contributed by atoms with Gasteiger partial charge in [-0.25, -0.2) is 0 Å². The van der Waals surface area contributed by atoms with Gasteiger partial charge in [0.2, 0.25) is 0 Å². The summed E-state index contributed by atoms with van der Waals surface area (Å²) in [6, 6.07) is 6.50. The van der Waals surface area contributed by atoms with Crippen molar-refractivity contribution in [2.24, 2.45) is 0 Å². The molecule has 1 aromatic carbocycles. The second-order valence-corrected chi connectivity index (χ2v) is 5.73. The molecule has 8 heteroatoms. The fraction of sp³-hybridized carbons (Fsp3) is 0.412. The Kier molecular flexibility index (Phi) is 7.09. The minimum atomic E-state index is -0.317. The third-order valence-electron chi connectivity index (χ3n) is 3.48. The van der Waals surface area contributed by atoms with E-state index in [1.807, 2.05) is 6.92 Å². The van der Waals surface area contributed by atoms with Crippen LogP contribution in [0.1, 0.15) is 29.6 Å². The van der Waals surface area contributed by atoms with Gasteiger partial charge in [-0.1, -0.05) is 23.7 Å². The molecule has 1 N–H and O–H groups in total. The van der Waals surface area contributed by atoms with Gasteiger partial charge in [-0.2, -0.15) is 0 Å². The van der Waals surface area contributed by atoms with Gasteiger partial charge in [0, 0.05) is 24.3 Å². The number of halogens is 1. The molecule has 0 aliphatic carbocycles. The van der Waals surface area contributed by atoms with E-state index >= 15 is 0 Å². The molecule has 25 heavy (non-hydrogen) atoms. The van der Waals surface area contributed by atoms with Crippen molar-refractivity contribution in [2.75, 3.05) is 20.8 Å². The maximum atomic E-state index is 12.1. The number of ether oxygens (including phenoxy) is 3. The van der Waals surface area contributed by atoms with E-state index in [0.717, 1.165) is 6.42 Å². The standard InChI is InChI=1S/C17H21ClN2O5/c1-4-12(9-22-2)19-17(21)14-8-13(25-20-14)10-24-15-6-5-11(18)7-16(15)23-3/h5-8,12H,4,9-10H2,1-3H3,(H,19,21)/t12-/m1/s1. The lowest BCUT2D eigenvalue weighted by Crippen LogP contribution is -2.37. The summed E-state index contributed by atoms with van der Waals surface area (Å²) in [5.74, 6) is 1.13. The molecule has 0 spiro atoms. The van der Waals surface area contributed by atoms with Crippen molar-refractivity contribution in [1.82, 2.24) is 10.5 Å². The van der Waals surface area contributed by atoms with E-state index in [1.165, 1.54) is 13.2 Å². The summed E-state index contributed by atoms with van der Waals surface area (Å²) >= 11 is 5.91. The number of methoxy groups -OCH3 is 2. The third-order valence-corrected chi connectivity index (χ3v) is 3.72. The summed E-state index contributed by atoms with van der Waals surface area (Å²) in [7, 11) is 3.12. The average molecular weight is 369 g/mol. The quantitative estimate of drug-likeness (QED) is 0.732. The van der Waals surface area contributed by atoms with Crippen LogP contribution in [0.4, 0.5) is 0 Å². The molecule has 2 rings (SSSR count). The number of hydrogen-bond acceptors (Lipinski definition) is 6. The molecule has 0 unspecified atom stereocenters. The van der Waals surface area contributed by atoms with E-state index in [2.05, 4.69) is 10.5 Å². The Labute approximate surface area is 151 Å². The number of carbonyl (C=O) groups excluding carboxylic acids is 1. The Morgan fingerprint density at radius 1 is 1.32 bits per heavy atom. The van der Waals surface area contributed by atoms with Crippen LogP contribution in [-0.4, -0.2) is 37.9 Å². The number of rotatable bonds is 9. The molecule has 0 saturated carbocycles. The van der Waals surface area contributed by atoms with Crippen LogP contribution >= 0.6 is 11.6 Å². The van der Waals surface area contributed by atoms with Gasteiger partial charge >= 0.3 is 0 Å². The maximum absolute atomic E-state index is 12.1. The summed E-state index contributed by atoms with van der Waals surface area (Å²) in [5, 5.41) is 7.15. The minimum Gasteiger partial charge on any atom is -0.493 e. The topological polar surface area (TPSA) is 82.8 Å². The molecule has 7 nitrogen and oxygen atoms in total. The van der Waals surface area contributed by atoms with Crippen molar-refractivity contribution in [3.63, 3.8) is 0 Å². The van der Waals surface area contributed by atoms with Gasteiger partial charge in [-0.15, -0.1) is 0 Å². The molecule has 1 amide bonds. The lowest BCUT2D eigenvalue weighted by Gasteiger charge is -2.14. The van der Waals surface area contributed by atoms with Gasteiger partial charge in [0.05, 0.1) is 19.8 Å². The van der Waals surface area contributed by atoms with Crippen LogP contribution in [0.25, 0.3) is 0 Å². The highest BCUT2D eigenvalue weighted by Gasteiger charge is 2.17. The normalized spacial score (nSPS) is 11.8. The molecular weight excluding hydrogens is 348 g/mol. The first-order valence-corrected chi connectivity index (χ1v) is 8.16. The lowest BCUT2D eigenvalue weighted by molar-refractivity contribution is 0.0885. The highest BCUT2D eigenvalue weighted by Crippen LogP contribution is 2.30. The van der Waals surface area contributed by atoms with Crippen molar-refractivity contribution in [3.8, 4) is 11.5 Å². The van der Waals surface area contributed by atoms with E-state index in [4.69, 9.17) is 30.3 Å². The average Bonchev–Trinajstić information content (AvgIpc) is 3.09. The van der Waals surface area contributed by atoms with E-state index in [0.29, 0.717) is 28.9 Å². The van der Waals surface area contributed by atoms with Crippen LogP contribution < -0.4 is 14.8 Å². The predicted molar refractivity (Wildman–Crippen MR) is 92.3 cm³/mol. The Balaban J connectivity index is 1.96. The number of nitrogens with zero attached hydrogens (tertiary/aromatic N) is 1. The van der Waals surface area contributed by atoms with Crippen LogP contribution in [-0.2, 0) is 11.3 Å². The number of hydrogen-bond donors (Lipinski definition) is 1. The van der Waals surface area contributed by atoms with Crippen molar-refractivity contribution >= 4 is 17.5 Å². The van der Waals surface area contributed by atoms with E-state index in [-0.39, 0.29) is 24.2 Å². The molecule has 1 atom stereocenters. The Morgan fingerprint density at radius 3 is 2.80 bits per heavy atom. The van der Waals surface area contributed by atoms with Crippen LogP contribution in [0.3, 0.4) is 0 Å². The Bertz CT molecular complexity index is 704. The second-order valence-electron chi connectivity index (χ2n) is 5.30. The smallest absolute Gasteiger partial charge is 0.273 e. The van der Waals surface area contributed by atoms with Gasteiger partial charge in [0.15, 0.2) is 23.0 Å². The number of aromatic nitrogens is 1. The fourth-order valence-corrected chi connectivity index (χ4v) is 2.28. The van der Waals surface area contributed by atoms with Crippen molar-refractivity contribution < 1.29 is 23.5 Å². The zero-order chi connectivity index (χ0) is 18.2. The SMILES string of the molecule is CC[C@H](COC)NC(=O)c1cc(COc2ccc(Cl)cc2OC)on1. The molecule has 1 aromatic heterocycles. The zero-order valence-corrected chi connectivity index (χ0v) is 15.1. The Hall–Kier alpha value is -2.25. The van der Waals surface area contributed by atoms with Crippen LogP contribution in [0, 0.1) is 0 Å². The summed E-state index contributed by atoms with van der Waals surface area (Å²) in [6.07, 6.45) is 0.754. The Morgan fingerprint density at radius 2 is 2.12 bits per heavy atom. The molecular formula is C17H21ClN2O5. The first kappa shape index (κ1) is 19.1. The van der Waals surface area contributed by atoms with Crippen molar-refractivity contribution in [1.29, 1.82) is 0 Å². The molecule has 1 heterocycles. The molecule has 136 valence electrons. The van der Waals surface area contributed by atoms with Gasteiger partial charge in [0.1, 0.15) is 6.61 Å². The molecule has 0 radical (unpaired) electrons. The number of amides is 1. The number of carbonyl (C=O) groups is 1. The number of nitrogens with one attached hydrogen (secondary N) is 1. The largest absolute Gasteiger partial charge is 0.493 e. The fourth-order valence-electron chi connectivity index (χ4n) is 2.12. The maximum Gasteiger partial charge on any atom is 0.273 e. The summed E-state index contributed by atoms with van der Waals surface area (Å²) < 4.78 is 21.0. The van der Waals surface area contributed by atoms with Gasteiger partial charge < -0.3 is 24.1 Å². The summed E-state index contributed by atoms with van der Waals surface area (Å²) in [5.41, 5.74) is 0.191.